The van der Waals surface area contributed by atoms with Gasteiger partial charge in [0, 0.05) is 30.4 Å². The number of aromatic nitrogens is 4. The van der Waals surface area contributed by atoms with E-state index in [1.54, 1.807) is 15.8 Å². The number of halogens is 3. The molecule has 0 unspecified atom stereocenters. The molecule has 1 aromatic carbocycles. The summed E-state index contributed by atoms with van der Waals surface area (Å²) in [5.41, 5.74) is 6.37. The average molecular weight is 572 g/mol. The zero-order valence-corrected chi connectivity index (χ0v) is 23.3. The first-order valence-electron chi connectivity index (χ1n) is 13.2. The number of hydrogen-bond donors (Lipinski definition) is 1. The number of ether oxygens (including phenoxy) is 2. The molecule has 2 aromatic heterocycles. The number of methoxy groups -OCH3 is 1. The van der Waals surface area contributed by atoms with E-state index in [0.29, 0.717) is 35.7 Å². The quantitative estimate of drug-likeness (QED) is 0.444. The smallest absolute Gasteiger partial charge is 0.416 e. The molecular formula is C28H32F3N7O3. The van der Waals surface area contributed by atoms with E-state index >= 15 is 0 Å². The molecule has 2 aliphatic rings. The number of likely N-dealkylation sites (tertiary alicyclic amines) is 1. The van der Waals surface area contributed by atoms with Crippen LogP contribution in [0.25, 0.3) is 11.3 Å². The number of benzene rings is 1. The van der Waals surface area contributed by atoms with Crippen molar-refractivity contribution in [2.45, 2.75) is 64.4 Å². The molecule has 41 heavy (non-hydrogen) atoms. The number of alkyl halides is 3. The van der Waals surface area contributed by atoms with Crippen LogP contribution in [0.1, 0.15) is 62.8 Å². The van der Waals surface area contributed by atoms with Crippen molar-refractivity contribution < 1.29 is 27.4 Å². The first-order chi connectivity index (χ1) is 19.2. The topological polar surface area (TPSA) is 124 Å². The van der Waals surface area contributed by atoms with Crippen molar-refractivity contribution in [2.24, 2.45) is 5.41 Å². The number of amides is 1. The molecule has 1 amide bonds. The Bertz CT molecular complexity index is 1510. The van der Waals surface area contributed by atoms with E-state index in [0.717, 1.165) is 31.4 Å². The van der Waals surface area contributed by atoms with Crippen molar-refractivity contribution in [3.8, 4) is 23.1 Å². The number of nitrogens with zero attached hydrogens (tertiary/aromatic N) is 6. The van der Waals surface area contributed by atoms with Gasteiger partial charge in [0.05, 0.1) is 31.5 Å². The molecule has 1 spiro atoms. The van der Waals surface area contributed by atoms with Crippen molar-refractivity contribution in [2.75, 3.05) is 25.9 Å². The van der Waals surface area contributed by atoms with Gasteiger partial charge in [-0.1, -0.05) is 0 Å². The van der Waals surface area contributed by atoms with Crippen LogP contribution in [-0.2, 0) is 17.5 Å². The summed E-state index contributed by atoms with van der Waals surface area (Å²) in [5, 5.41) is 18.8. The van der Waals surface area contributed by atoms with Crippen LogP contribution in [0.15, 0.2) is 30.6 Å². The van der Waals surface area contributed by atoms with Crippen LogP contribution in [0.2, 0.25) is 0 Å². The Labute approximate surface area is 235 Å². The highest BCUT2D eigenvalue weighted by molar-refractivity contribution is 5.72. The highest BCUT2D eigenvalue weighted by atomic mass is 19.4. The molecule has 2 fully saturated rings. The third kappa shape index (κ3) is 5.55. The molecule has 3 heterocycles. The Balaban J connectivity index is 1.32. The lowest BCUT2D eigenvalue weighted by Gasteiger charge is -2.45. The van der Waals surface area contributed by atoms with Gasteiger partial charge in [0.2, 0.25) is 0 Å². The van der Waals surface area contributed by atoms with Crippen LogP contribution in [0.4, 0.5) is 23.8 Å². The molecule has 10 nitrogen and oxygen atoms in total. The second kappa shape index (κ2) is 10.0. The average Bonchev–Trinajstić information content (AvgIpc) is 3.58. The van der Waals surface area contributed by atoms with Crippen molar-refractivity contribution in [1.82, 2.24) is 24.5 Å². The molecule has 1 aliphatic heterocycles. The van der Waals surface area contributed by atoms with Gasteiger partial charge in [0.25, 0.3) is 0 Å². The van der Waals surface area contributed by atoms with E-state index < -0.39 is 17.3 Å². The monoisotopic (exact) mass is 571 g/mol. The maximum Gasteiger partial charge on any atom is 0.416 e. The van der Waals surface area contributed by atoms with E-state index in [1.807, 2.05) is 20.8 Å². The van der Waals surface area contributed by atoms with Crippen LogP contribution in [-0.4, -0.2) is 56.4 Å². The van der Waals surface area contributed by atoms with Gasteiger partial charge in [0.15, 0.2) is 0 Å². The minimum absolute atomic E-state index is 0.0183. The Kier molecular flexibility index (Phi) is 6.91. The molecule has 0 bridgehead atoms. The van der Waals surface area contributed by atoms with E-state index in [4.69, 9.17) is 15.2 Å². The fourth-order valence-electron chi connectivity index (χ4n) is 5.73. The summed E-state index contributed by atoms with van der Waals surface area (Å²) in [7, 11) is 1.39. The zero-order valence-electron chi connectivity index (χ0n) is 23.3. The van der Waals surface area contributed by atoms with E-state index in [2.05, 4.69) is 16.3 Å². The largest absolute Gasteiger partial charge is 0.496 e. The molecule has 0 radical (unpaired) electrons. The highest BCUT2D eigenvalue weighted by Gasteiger charge is 2.51. The first-order valence-corrected chi connectivity index (χ1v) is 13.2. The maximum atomic E-state index is 13.3. The summed E-state index contributed by atoms with van der Waals surface area (Å²) < 4.78 is 53.7. The van der Waals surface area contributed by atoms with Gasteiger partial charge < -0.3 is 20.1 Å². The minimum atomic E-state index is -4.49. The maximum absolute atomic E-state index is 13.3. The van der Waals surface area contributed by atoms with Gasteiger partial charge in [-0.3, -0.25) is 4.68 Å². The van der Waals surface area contributed by atoms with Gasteiger partial charge in [0.1, 0.15) is 34.5 Å². The number of hydrogen-bond acceptors (Lipinski definition) is 7. The summed E-state index contributed by atoms with van der Waals surface area (Å²) in [6.07, 6.45) is 0.692. The van der Waals surface area contributed by atoms with Gasteiger partial charge in [-0.15, -0.1) is 0 Å². The van der Waals surface area contributed by atoms with Gasteiger partial charge >= 0.3 is 12.3 Å². The highest BCUT2D eigenvalue weighted by Crippen LogP contribution is 2.55. The van der Waals surface area contributed by atoms with Crippen LogP contribution in [0.5, 0.6) is 5.75 Å². The van der Waals surface area contributed by atoms with Crippen molar-refractivity contribution in [3.05, 3.63) is 47.3 Å². The number of anilines is 1. The number of nitrogens with two attached hydrogens (primary N) is 1. The lowest BCUT2D eigenvalue weighted by molar-refractivity contribution is -0.137. The second-order valence-electron chi connectivity index (χ2n) is 11.8. The molecule has 2 N–H and O–H groups in total. The molecule has 3 aromatic rings. The SMILES string of the molecule is COc1ccc(C(F)(F)F)cc1Cn1cc(-c2nn(C3CC4(CCN(C(=O)OC(C)(C)C)C4)C3)c(N)c2C#N)cn1. The molecule has 218 valence electrons. The van der Waals surface area contributed by atoms with Crippen molar-refractivity contribution in [3.63, 3.8) is 0 Å². The summed E-state index contributed by atoms with van der Waals surface area (Å²) in [6, 6.07) is 5.39. The summed E-state index contributed by atoms with van der Waals surface area (Å²) in [6.45, 7) is 6.77. The number of rotatable bonds is 5. The van der Waals surface area contributed by atoms with Gasteiger partial charge in [-0.05, 0) is 63.6 Å². The lowest BCUT2D eigenvalue weighted by atomic mass is 9.65. The number of nitriles is 1. The Morgan fingerprint density at radius 2 is 2.00 bits per heavy atom. The summed E-state index contributed by atoms with van der Waals surface area (Å²) >= 11 is 0. The minimum Gasteiger partial charge on any atom is -0.496 e. The number of nitrogen functional groups attached to an aromatic ring is 1. The van der Waals surface area contributed by atoms with Crippen molar-refractivity contribution >= 4 is 11.9 Å². The Hall–Kier alpha value is -4.21. The van der Waals surface area contributed by atoms with Crippen LogP contribution in [0.3, 0.4) is 0 Å². The van der Waals surface area contributed by atoms with Gasteiger partial charge in [-0.25, -0.2) is 9.48 Å². The third-order valence-corrected chi connectivity index (χ3v) is 7.68. The van der Waals surface area contributed by atoms with Crippen LogP contribution < -0.4 is 10.5 Å². The number of carbonyl (C=O) groups is 1. The Morgan fingerprint density at radius 1 is 1.27 bits per heavy atom. The predicted octanol–water partition coefficient (Wildman–Crippen LogP) is 5.24. The molecule has 1 saturated heterocycles. The van der Waals surface area contributed by atoms with E-state index in [-0.39, 0.29) is 35.5 Å². The molecule has 1 saturated carbocycles. The summed E-state index contributed by atoms with van der Waals surface area (Å²) in [5.74, 6) is 0.550. The second-order valence-corrected chi connectivity index (χ2v) is 11.8. The zero-order chi connectivity index (χ0) is 29.7. The molecular weight excluding hydrogens is 539 g/mol. The van der Waals surface area contributed by atoms with Crippen molar-refractivity contribution in [1.29, 1.82) is 5.26 Å². The molecule has 0 atom stereocenters. The fraction of sp³-hybridized carbons (Fsp3) is 0.500. The molecule has 1 aliphatic carbocycles. The normalized spacial score (nSPS) is 20.6. The first kappa shape index (κ1) is 28.3. The van der Waals surface area contributed by atoms with Gasteiger partial charge in [-0.2, -0.15) is 28.6 Å². The van der Waals surface area contributed by atoms with E-state index in [9.17, 15) is 23.2 Å². The third-order valence-electron chi connectivity index (χ3n) is 7.68. The number of carbonyl (C=O) groups excluding carboxylic acids is 1. The molecule has 13 heteroatoms. The standard InChI is InChI=1S/C28H32F3N7O3/c1-26(2,3)41-25(39)36-8-7-27(16-36)10-20(11-27)38-24(33)21(12-32)23(35-38)18-13-34-37(15-18)14-17-9-19(28(29,30)31)5-6-22(17)40-4/h5-6,9,13,15,20H,7-8,10-11,14,16,33H2,1-4H3. The van der Waals surface area contributed by atoms with E-state index in [1.165, 1.54) is 24.1 Å². The van der Waals surface area contributed by atoms with Crippen LogP contribution in [0, 0.1) is 16.7 Å². The fourth-order valence-corrected chi connectivity index (χ4v) is 5.73. The summed E-state index contributed by atoms with van der Waals surface area (Å²) in [4.78, 5) is 14.3. The molecule has 5 rings (SSSR count). The van der Waals surface area contributed by atoms with Crippen LogP contribution >= 0.6 is 0 Å². The Morgan fingerprint density at radius 3 is 2.63 bits per heavy atom. The lowest BCUT2D eigenvalue weighted by Crippen LogP contribution is -2.43. The predicted molar refractivity (Wildman–Crippen MR) is 143 cm³/mol.